The maximum atomic E-state index is 13.9. The van der Waals surface area contributed by atoms with Crippen LogP contribution in [0.2, 0.25) is 0 Å². The van der Waals surface area contributed by atoms with Gasteiger partial charge in [0, 0.05) is 5.39 Å². The number of alkyl halides is 3. The summed E-state index contributed by atoms with van der Waals surface area (Å²) in [6, 6.07) is 12.8. The predicted octanol–water partition coefficient (Wildman–Crippen LogP) is 5.10. The fraction of sp³-hybridized carbons (Fsp3) is 0.261. The van der Waals surface area contributed by atoms with E-state index in [1.807, 2.05) is 0 Å². The first kappa shape index (κ1) is 23.7. The fourth-order valence-corrected chi connectivity index (χ4v) is 4.44. The number of aromatic nitrogens is 1. The molecular formula is C23H18F3NO6S. The summed E-state index contributed by atoms with van der Waals surface area (Å²) in [5.74, 6) is -2.35. The Hall–Kier alpha value is -3.44. The third-order valence-electron chi connectivity index (χ3n) is 5.05. The van der Waals surface area contributed by atoms with Crippen LogP contribution in [-0.4, -0.2) is 34.8 Å². The summed E-state index contributed by atoms with van der Waals surface area (Å²) in [5, 5.41) is 10.3. The molecule has 0 amide bonds. The van der Waals surface area contributed by atoms with Crippen LogP contribution < -0.4 is 0 Å². The van der Waals surface area contributed by atoms with Crippen LogP contribution in [0.3, 0.4) is 0 Å². The van der Waals surface area contributed by atoms with Crippen molar-refractivity contribution in [3.8, 4) is 0 Å². The molecule has 4 rings (SSSR count). The molecule has 0 aliphatic rings. The molecule has 4 aromatic rings. The van der Waals surface area contributed by atoms with Gasteiger partial charge in [0.2, 0.25) is 11.4 Å². The van der Waals surface area contributed by atoms with E-state index in [-0.39, 0.29) is 23.4 Å². The quantitative estimate of drug-likeness (QED) is 0.358. The van der Waals surface area contributed by atoms with E-state index < -0.39 is 41.8 Å². The van der Waals surface area contributed by atoms with Gasteiger partial charge in [-0.15, -0.1) is 11.3 Å². The normalized spacial score (nSPS) is 13.7. The maximum Gasteiger partial charge on any atom is 0.424 e. The zero-order chi connectivity index (χ0) is 24.5. The molecule has 1 unspecified atom stereocenters. The minimum atomic E-state index is -5.20. The summed E-state index contributed by atoms with van der Waals surface area (Å²) >= 11 is 0.638. The zero-order valence-electron chi connectivity index (χ0n) is 17.7. The van der Waals surface area contributed by atoms with Crippen molar-refractivity contribution in [2.24, 2.45) is 0 Å². The van der Waals surface area contributed by atoms with Gasteiger partial charge >= 0.3 is 18.1 Å². The number of thiazole rings is 1. The average Bonchev–Trinajstić information content (AvgIpc) is 3.39. The van der Waals surface area contributed by atoms with Gasteiger partial charge in [0.15, 0.2) is 0 Å². The molecule has 0 radical (unpaired) electrons. The molecule has 2 aromatic heterocycles. The Morgan fingerprint density at radius 1 is 1.09 bits per heavy atom. The number of carbonyl (C=O) groups is 2. The Morgan fingerprint density at radius 3 is 2.50 bits per heavy atom. The van der Waals surface area contributed by atoms with Crippen LogP contribution in [0.1, 0.15) is 34.5 Å². The number of nitrogens with zero attached hydrogens (tertiary/aromatic N) is 1. The first-order valence-electron chi connectivity index (χ1n) is 10.1. The number of para-hydroxylation sites is 2. The Kier molecular flexibility index (Phi) is 6.32. The Bertz CT molecular complexity index is 1330. The van der Waals surface area contributed by atoms with Gasteiger partial charge in [-0.25, -0.2) is 9.78 Å². The summed E-state index contributed by atoms with van der Waals surface area (Å²) in [5.41, 5.74) is -2.81. The maximum absolute atomic E-state index is 13.9. The zero-order valence-corrected chi connectivity index (χ0v) is 18.5. The molecule has 0 spiro atoms. The van der Waals surface area contributed by atoms with Crippen LogP contribution in [0.15, 0.2) is 52.9 Å². The number of benzene rings is 2. The summed E-state index contributed by atoms with van der Waals surface area (Å²) in [6.07, 6.45) is -6.61. The number of aliphatic hydroxyl groups is 1. The van der Waals surface area contributed by atoms with Gasteiger partial charge in [0.25, 0.3) is 0 Å². The molecule has 2 heterocycles. The molecule has 0 saturated carbocycles. The van der Waals surface area contributed by atoms with Gasteiger partial charge in [-0.2, -0.15) is 13.2 Å². The molecule has 0 bridgehead atoms. The lowest BCUT2D eigenvalue weighted by Crippen LogP contribution is -2.44. The second-order valence-corrected chi connectivity index (χ2v) is 8.34. The summed E-state index contributed by atoms with van der Waals surface area (Å²) < 4.78 is 57.6. The van der Waals surface area contributed by atoms with Gasteiger partial charge in [0.1, 0.15) is 17.2 Å². The highest BCUT2D eigenvalue weighted by molar-refractivity contribution is 7.18. The highest BCUT2D eigenvalue weighted by Gasteiger charge is 2.58. The van der Waals surface area contributed by atoms with Gasteiger partial charge < -0.3 is 19.0 Å². The van der Waals surface area contributed by atoms with E-state index >= 15 is 0 Å². The van der Waals surface area contributed by atoms with Crippen LogP contribution in [0.5, 0.6) is 0 Å². The molecule has 11 heteroatoms. The van der Waals surface area contributed by atoms with E-state index in [0.29, 0.717) is 27.0 Å². The van der Waals surface area contributed by atoms with Crippen molar-refractivity contribution in [1.82, 2.24) is 4.98 Å². The number of hydrogen-bond acceptors (Lipinski definition) is 8. The smallest absolute Gasteiger partial charge is 0.424 e. The van der Waals surface area contributed by atoms with E-state index in [0.717, 1.165) is 0 Å². The second kappa shape index (κ2) is 9.07. The van der Waals surface area contributed by atoms with Crippen LogP contribution in [0.4, 0.5) is 13.2 Å². The van der Waals surface area contributed by atoms with Crippen LogP contribution in [0, 0.1) is 0 Å². The summed E-state index contributed by atoms with van der Waals surface area (Å²) in [6.45, 7) is 1.11. The number of furan rings is 1. The van der Waals surface area contributed by atoms with E-state index in [1.54, 1.807) is 49.4 Å². The molecule has 7 nitrogen and oxygen atoms in total. The molecule has 2 aromatic carbocycles. The third-order valence-corrected chi connectivity index (χ3v) is 6.24. The number of esters is 2. The molecule has 0 aliphatic carbocycles. The Balaban J connectivity index is 1.59. The number of fused-ring (bicyclic) bond motifs is 2. The third kappa shape index (κ3) is 4.36. The van der Waals surface area contributed by atoms with Gasteiger partial charge in [-0.1, -0.05) is 30.3 Å². The van der Waals surface area contributed by atoms with Gasteiger partial charge in [-0.3, -0.25) is 4.79 Å². The van der Waals surface area contributed by atoms with Crippen LogP contribution >= 0.6 is 11.3 Å². The standard InChI is InChI=1S/C23H18F3NO6S/c1-2-31-20(29)19-14(13-7-3-5-9-16(13)33-19)12-32-18(28)11-22(30,23(24,25)26)21-27-15-8-4-6-10-17(15)34-21/h3-10,30H,2,11-12H2,1H3. The lowest BCUT2D eigenvalue weighted by Gasteiger charge is -2.27. The monoisotopic (exact) mass is 493 g/mol. The van der Waals surface area contributed by atoms with Crippen molar-refractivity contribution >= 4 is 44.5 Å². The minimum absolute atomic E-state index is 0.0654. The Morgan fingerprint density at radius 2 is 1.79 bits per heavy atom. The summed E-state index contributed by atoms with van der Waals surface area (Å²) in [4.78, 5) is 28.6. The number of ether oxygens (including phenoxy) is 2. The molecule has 178 valence electrons. The highest BCUT2D eigenvalue weighted by atomic mass is 32.1. The summed E-state index contributed by atoms with van der Waals surface area (Å²) in [7, 11) is 0. The molecule has 0 saturated heterocycles. The lowest BCUT2D eigenvalue weighted by molar-refractivity contribution is -0.269. The molecule has 0 aliphatic heterocycles. The number of rotatable bonds is 7. The van der Waals surface area contributed by atoms with Crippen LogP contribution in [-0.2, 0) is 26.5 Å². The van der Waals surface area contributed by atoms with Crippen molar-refractivity contribution in [2.45, 2.75) is 31.7 Å². The largest absolute Gasteiger partial charge is 0.461 e. The van der Waals surface area contributed by atoms with E-state index in [2.05, 4.69) is 4.98 Å². The second-order valence-electron chi connectivity index (χ2n) is 7.31. The number of halogens is 3. The van der Waals surface area contributed by atoms with E-state index in [9.17, 15) is 27.9 Å². The van der Waals surface area contributed by atoms with E-state index in [1.165, 1.54) is 6.07 Å². The topological polar surface area (TPSA) is 98.9 Å². The van der Waals surface area contributed by atoms with Crippen molar-refractivity contribution < 1.29 is 41.8 Å². The van der Waals surface area contributed by atoms with E-state index in [4.69, 9.17) is 13.9 Å². The SMILES string of the molecule is CCOC(=O)c1oc2ccccc2c1COC(=O)CC(O)(c1nc2ccccc2s1)C(F)(F)F. The van der Waals surface area contributed by atoms with Gasteiger partial charge in [-0.05, 0) is 25.1 Å². The molecular weight excluding hydrogens is 475 g/mol. The first-order chi connectivity index (χ1) is 16.1. The van der Waals surface area contributed by atoms with Crippen molar-refractivity contribution in [3.05, 3.63) is 64.9 Å². The molecule has 0 fully saturated rings. The highest BCUT2D eigenvalue weighted by Crippen LogP contribution is 2.44. The number of carbonyl (C=O) groups excluding carboxylic acids is 2. The van der Waals surface area contributed by atoms with Gasteiger partial charge in [0.05, 0.1) is 28.8 Å². The van der Waals surface area contributed by atoms with Crippen molar-refractivity contribution in [3.63, 3.8) is 0 Å². The Labute approximate surface area is 194 Å². The molecule has 34 heavy (non-hydrogen) atoms. The molecule has 1 atom stereocenters. The number of hydrogen-bond donors (Lipinski definition) is 1. The fourth-order valence-electron chi connectivity index (χ4n) is 3.36. The molecule has 1 N–H and O–H groups in total. The first-order valence-corrected chi connectivity index (χ1v) is 10.9. The predicted molar refractivity (Wildman–Crippen MR) is 116 cm³/mol. The minimum Gasteiger partial charge on any atom is -0.461 e. The lowest BCUT2D eigenvalue weighted by atomic mass is 10.00. The van der Waals surface area contributed by atoms with Crippen LogP contribution in [0.25, 0.3) is 21.2 Å². The van der Waals surface area contributed by atoms with Crippen molar-refractivity contribution in [1.29, 1.82) is 0 Å². The average molecular weight is 493 g/mol. The van der Waals surface area contributed by atoms with Crippen molar-refractivity contribution in [2.75, 3.05) is 6.61 Å².